The molecule has 0 saturated carbocycles. The minimum absolute atomic E-state index is 0.0644. The van der Waals surface area contributed by atoms with Crippen LogP contribution in [0.2, 0.25) is 0 Å². The van der Waals surface area contributed by atoms with Crippen molar-refractivity contribution in [1.82, 2.24) is 10.2 Å². The van der Waals surface area contributed by atoms with Gasteiger partial charge in [0.1, 0.15) is 11.8 Å². The SMILES string of the molecule is C[C@@H](c1ccccc1)N1C(=O)N[C@@H](CCC(=O)Nc2ccc(OC(F)(F)F)cc2)C1=O. The molecule has 2 aromatic carbocycles. The number of carbonyl (C=O) groups excluding carboxylic acids is 3. The summed E-state index contributed by atoms with van der Waals surface area (Å²) in [6.07, 6.45) is -4.77. The smallest absolute Gasteiger partial charge is 0.406 e. The number of hydrogen-bond acceptors (Lipinski definition) is 4. The lowest BCUT2D eigenvalue weighted by Gasteiger charge is -2.21. The molecule has 164 valence electrons. The maximum Gasteiger partial charge on any atom is 0.573 e. The number of anilines is 1. The van der Waals surface area contributed by atoms with Crippen molar-refractivity contribution < 1.29 is 32.3 Å². The van der Waals surface area contributed by atoms with E-state index in [1.807, 2.05) is 30.3 Å². The van der Waals surface area contributed by atoms with Crippen LogP contribution < -0.4 is 15.4 Å². The zero-order valence-corrected chi connectivity index (χ0v) is 16.5. The van der Waals surface area contributed by atoms with Gasteiger partial charge in [-0.2, -0.15) is 0 Å². The predicted molar refractivity (Wildman–Crippen MR) is 105 cm³/mol. The molecule has 0 spiro atoms. The van der Waals surface area contributed by atoms with Crippen molar-refractivity contribution in [3.63, 3.8) is 0 Å². The van der Waals surface area contributed by atoms with E-state index in [0.717, 1.165) is 22.6 Å². The maximum atomic E-state index is 12.7. The summed E-state index contributed by atoms with van der Waals surface area (Å²) in [5.41, 5.74) is 1.09. The van der Waals surface area contributed by atoms with E-state index in [-0.39, 0.29) is 18.5 Å². The van der Waals surface area contributed by atoms with Gasteiger partial charge in [-0.3, -0.25) is 14.5 Å². The number of imide groups is 1. The quantitative estimate of drug-likeness (QED) is 0.644. The molecule has 10 heteroatoms. The lowest BCUT2D eigenvalue weighted by Crippen LogP contribution is -2.34. The van der Waals surface area contributed by atoms with Crippen LogP contribution in [0.4, 0.5) is 23.7 Å². The van der Waals surface area contributed by atoms with E-state index in [1.165, 1.54) is 12.1 Å². The van der Waals surface area contributed by atoms with Gasteiger partial charge in [-0.25, -0.2) is 4.79 Å². The molecule has 2 N–H and O–H groups in total. The number of nitrogens with zero attached hydrogens (tertiary/aromatic N) is 1. The van der Waals surface area contributed by atoms with E-state index in [4.69, 9.17) is 0 Å². The van der Waals surface area contributed by atoms with E-state index >= 15 is 0 Å². The number of urea groups is 1. The van der Waals surface area contributed by atoms with Gasteiger partial charge >= 0.3 is 12.4 Å². The number of benzene rings is 2. The van der Waals surface area contributed by atoms with E-state index in [1.54, 1.807) is 6.92 Å². The molecule has 1 saturated heterocycles. The molecule has 0 aliphatic carbocycles. The van der Waals surface area contributed by atoms with E-state index in [9.17, 15) is 27.6 Å². The normalized spacial score (nSPS) is 17.3. The molecule has 1 aliphatic heterocycles. The Hall–Kier alpha value is -3.56. The second-order valence-corrected chi connectivity index (χ2v) is 6.96. The average Bonchev–Trinajstić information content (AvgIpc) is 3.00. The molecule has 7 nitrogen and oxygen atoms in total. The molecule has 0 radical (unpaired) electrons. The number of alkyl halides is 3. The fourth-order valence-corrected chi connectivity index (χ4v) is 3.23. The first kappa shape index (κ1) is 22.1. The van der Waals surface area contributed by atoms with Crippen molar-refractivity contribution in [2.24, 2.45) is 0 Å². The molecule has 0 unspecified atom stereocenters. The van der Waals surface area contributed by atoms with Gasteiger partial charge in [0, 0.05) is 12.1 Å². The number of carbonyl (C=O) groups is 3. The van der Waals surface area contributed by atoms with Crippen LogP contribution in [-0.4, -0.2) is 35.1 Å². The summed E-state index contributed by atoms with van der Waals surface area (Å²) in [5, 5.41) is 5.12. The molecule has 1 fully saturated rings. The minimum atomic E-state index is -4.80. The first-order valence-electron chi connectivity index (χ1n) is 9.48. The Morgan fingerprint density at radius 3 is 2.39 bits per heavy atom. The van der Waals surface area contributed by atoms with Crippen LogP contribution in [0.3, 0.4) is 0 Å². The van der Waals surface area contributed by atoms with E-state index in [0.29, 0.717) is 0 Å². The van der Waals surface area contributed by atoms with Crippen LogP contribution in [0.25, 0.3) is 0 Å². The third kappa shape index (κ3) is 5.74. The lowest BCUT2D eigenvalue weighted by molar-refractivity contribution is -0.274. The van der Waals surface area contributed by atoms with Gasteiger partial charge in [-0.1, -0.05) is 30.3 Å². The van der Waals surface area contributed by atoms with Crippen molar-refractivity contribution in [1.29, 1.82) is 0 Å². The van der Waals surface area contributed by atoms with Crippen LogP contribution in [0, 0.1) is 0 Å². The second kappa shape index (κ2) is 9.07. The van der Waals surface area contributed by atoms with Crippen LogP contribution in [0.1, 0.15) is 31.4 Å². The Morgan fingerprint density at radius 2 is 1.77 bits per heavy atom. The highest BCUT2D eigenvalue weighted by Crippen LogP contribution is 2.26. The number of nitrogens with one attached hydrogen (secondary N) is 2. The van der Waals surface area contributed by atoms with Crippen molar-refractivity contribution in [3.8, 4) is 5.75 Å². The van der Waals surface area contributed by atoms with Gasteiger partial charge in [0.05, 0.1) is 6.04 Å². The number of rotatable bonds is 7. The summed E-state index contributed by atoms with van der Waals surface area (Å²) in [6, 6.07) is 12.0. The summed E-state index contributed by atoms with van der Waals surface area (Å²) < 4.78 is 40.3. The average molecular weight is 435 g/mol. The van der Waals surface area contributed by atoms with Gasteiger partial charge in [-0.15, -0.1) is 13.2 Å². The highest BCUT2D eigenvalue weighted by Gasteiger charge is 2.40. The Balaban J connectivity index is 1.52. The highest BCUT2D eigenvalue weighted by molar-refractivity contribution is 6.05. The number of hydrogen-bond donors (Lipinski definition) is 2. The topological polar surface area (TPSA) is 87.7 Å². The summed E-state index contributed by atoms with van der Waals surface area (Å²) in [5.74, 6) is -1.26. The fraction of sp³-hybridized carbons (Fsp3) is 0.286. The predicted octanol–water partition coefficient (Wildman–Crippen LogP) is 3.99. The molecule has 4 amide bonds. The van der Waals surface area contributed by atoms with Gasteiger partial charge < -0.3 is 15.4 Å². The Labute approximate surface area is 176 Å². The highest BCUT2D eigenvalue weighted by atomic mass is 19.4. The molecule has 3 rings (SSSR count). The zero-order chi connectivity index (χ0) is 22.6. The first-order valence-corrected chi connectivity index (χ1v) is 9.48. The molecule has 0 bridgehead atoms. The Kier molecular flexibility index (Phi) is 6.47. The van der Waals surface area contributed by atoms with E-state index < -0.39 is 42.0 Å². The van der Waals surface area contributed by atoms with Crippen LogP contribution in [0.5, 0.6) is 5.75 Å². The molecule has 1 aliphatic rings. The van der Waals surface area contributed by atoms with Crippen molar-refractivity contribution >= 4 is 23.5 Å². The Morgan fingerprint density at radius 1 is 1.13 bits per heavy atom. The third-order valence-electron chi connectivity index (χ3n) is 4.75. The summed E-state index contributed by atoms with van der Waals surface area (Å²) >= 11 is 0. The molecule has 2 atom stereocenters. The minimum Gasteiger partial charge on any atom is -0.406 e. The molecular weight excluding hydrogens is 415 g/mol. The summed E-state index contributed by atoms with van der Waals surface area (Å²) in [6.45, 7) is 1.74. The third-order valence-corrected chi connectivity index (χ3v) is 4.75. The molecule has 0 aromatic heterocycles. The van der Waals surface area contributed by atoms with Crippen LogP contribution >= 0.6 is 0 Å². The Bertz CT molecular complexity index is 949. The largest absolute Gasteiger partial charge is 0.573 e. The summed E-state index contributed by atoms with van der Waals surface area (Å²) in [7, 11) is 0. The monoisotopic (exact) mass is 435 g/mol. The zero-order valence-electron chi connectivity index (χ0n) is 16.5. The maximum absolute atomic E-state index is 12.7. The second-order valence-electron chi connectivity index (χ2n) is 6.96. The first-order chi connectivity index (χ1) is 14.6. The standard InChI is InChI=1S/C21H20F3N3O4/c1-13(14-5-3-2-4-6-14)27-19(29)17(26-20(27)30)11-12-18(28)25-15-7-9-16(10-8-15)31-21(22,23)24/h2-10,13,17H,11-12H2,1H3,(H,25,28)(H,26,30)/t13-,17-/m0/s1. The molecular formula is C21H20F3N3O4. The number of ether oxygens (including phenoxy) is 1. The van der Waals surface area contributed by atoms with Gasteiger partial charge in [0.15, 0.2) is 0 Å². The lowest BCUT2D eigenvalue weighted by atomic mass is 10.1. The summed E-state index contributed by atoms with van der Waals surface area (Å²) in [4.78, 5) is 38.2. The van der Waals surface area contributed by atoms with Gasteiger partial charge in [-0.05, 0) is 43.2 Å². The number of amides is 4. The van der Waals surface area contributed by atoms with Crippen molar-refractivity contribution in [3.05, 3.63) is 60.2 Å². The molecule has 1 heterocycles. The van der Waals surface area contributed by atoms with Gasteiger partial charge in [0.2, 0.25) is 5.91 Å². The van der Waals surface area contributed by atoms with Crippen molar-refractivity contribution in [2.45, 2.75) is 38.2 Å². The fourth-order valence-electron chi connectivity index (χ4n) is 3.23. The van der Waals surface area contributed by atoms with Crippen LogP contribution in [0.15, 0.2) is 54.6 Å². The molecule has 31 heavy (non-hydrogen) atoms. The van der Waals surface area contributed by atoms with Crippen molar-refractivity contribution in [2.75, 3.05) is 5.32 Å². The van der Waals surface area contributed by atoms with Crippen LogP contribution in [-0.2, 0) is 9.59 Å². The van der Waals surface area contributed by atoms with E-state index in [2.05, 4.69) is 15.4 Å². The van der Waals surface area contributed by atoms with Gasteiger partial charge in [0.25, 0.3) is 5.91 Å². The number of halogens is 3. The molecule has 2 aromatic rings.